The molecule has 0 saturated carbocycles. The van der Waals surface area contributed by atoms with Crippen molar-refractivity contribution in [3.8, 4) is 5.75 Å². The summed E-state index contributed by atoms with van der Waals surface area (Å²) in [4.78, 5) is 11.0. The molecule has 0 amide bonds. The Labute approximate surface area is 144 Å². The highest BCUT2D eigenvalue weighted by Gasteiger charge is 2.03. The van der Waals surface area contributed by atoms with Crippen LogP contribution in [0.5, 0.6) is 5.75 Å². The molecule has 3 rings (SSSR count). The summed E-state index contributed by atoms with van der Waals surface area (Å²) in [6.07, 6.45) is 5.85. The number of rotatable bonds is 6. The van der Waals surface area contributed by atoms with E-state index < -0.39 is 0 Å². The van der Waals surface area contributed by atoms with E-state index in [1.807, 2.05) is 67.7 Å². The zero-order valence-corrected chi connectivity index (χ0v) is 14.5. The summed E-state index contributed by atoms with van der Waals surface area (Å²) in [6.45, 7) is 0.308. The summed E-state index contributed by atoms with van der Waals surface area (Å²) < 4.78 is 6.49. The molecule has 0 bridgehead atoms. The Kier molecular flexibility index (Phi) is 5.08. The molecule has 0 atom stereocenters. The van der Waals surface area contributed by atoms with Gasteiger partial charge in [-0.15, -0.1) is 11.3 Å². The second kappa shape index (κ2) is 7.42. The predicted octanol–water partition coefficient (Wildman–Crippen LogP) is 3.30. The van der Waals surface area contributed by atoms with Crippen molar-refractivity contribution in [2.24, 2.45) is 0 Å². The molecular formula is C18H19N3O2S. The van der Waals surface area contributed by atoms with Crippen molar-refractivity contribution in [2.75, 3.05) is 32.2 Å². The number of aliphatic hydroxyl groups excluding tert-OH is 1. The second-order valence-corrected chi connectivity index (χ2v) is 6.49. The van der Waals surface area contributed by atoms with E-state index >= 15 is 0 Å². The van der Waals surface area contributed by atoms with Crippen LogP contribution in [0.4, 0.5) is 5.82 Å². The molecule has 1 aromatic carbocycles. The number of pyridine rings is 1. The first-order valence-electron chi connectivity index (χ1n) is 7.61. The van der Waals surface area contributed by atoms with E-state index in [0.29, 0.717) is 6.61 Å². The minimum Gasteiger partial charge on any atom is -0.491 e. The SMILES string of the molecule is CN(C)c1ccc(/C=C/c2nc3ccc(OCCO)cc3s2)cn1. The maximum Gasteiger partial charge on any atom is 0.127 e. The third-order valence-corrected chi connectivity index (χ3v) is 4.37. The van der Waals surface area contributed by atoms with Crippen LogP contribution >= 0.6 is 11.3 Å². The normalized spacial score (nSPS) is 11.3. The van der Waals surface area contributed by atoms with Gasteiger partial charge in [-0.05, 0) is 42.0 Å². The van der Waals surface area contributed by atoms with Crippen molar-refractivity contribution in [1.29, 1.82) is 0 Å². The smallest absolute Gasteiger partial charge is 0.127 e. The fourth-order valence-electron chi connectivity index (χ4n) is 2.18. The molecule has 2 aromatic heterocycles. The predicted molar refractivity (Wildman–Crippen MR) is 99.7 cm³/mol. The largest absolute Gasteiger partial charge is 0.491 e. The summed E-state index contributed by atoms with van der Waals surface area (Å²) >= 11 is 1.60. The number of fused-ring (bicyclic) bond motifs is 1. The van der Waals surface area contributed by atoms with Crippen LogP contribution in [0.2, 0.25) is 0 Å². The number of anilines is 1. The molecule has 0 radical (unpaired) electrons. The Hall–Kier alpha value is -2.44. The number of aliphatic hydroxyl groups is 1. The van der Waals surface area contributed by atoms with Gasteiger partial charge in [0, 0.05) is 20.3 Å². The van der Waals surface area contributed by atoms with Crippen molar-refractivity contribution in [3.63, 3.8) is 0 Å². The van der Waals surface area contributed by atoms with Crippen LogP contribution < -0.4 is 9.64 Å². The van der Waals surface area contributed by atoms with Gasteiger partial charge in [0.2, 0.25) is 0 Å². The summed E-state index contributed by atoms with van der Waals surface area (Å²) in [6, 6.07) is 9.78. The molecule has 3 aromatic rings. The third-order valence-electron chi connectivity index (χ3n) is 3.38. The first kappa shape index (κ1) is 16.4. The number of ether oxygens (including phenoxy) is 1. The molecule has 0 aliphatic heterocycles. The molecule has 0 aliphatic rings. The quantitative estimate of drug-likeness (QED) is 0.745. The fraction of sp³-hybridized carbons (Fsp3) is 0.222. The Balaban J connectivity index is 1.76. The van der Waals surface area contributed by atoms with Crippen LogP contribution in [0.3, 0.4) is 0 Å². The van der Waals surface area contributed by atoms with E-state index in [9.17, 15) is 0 Å². The lowest BCUT2D eigenvalue weighted by molar-refractivity contribution is 0.201. The Bertz CT molecular complexity index is 841. The van der Waals surface area contributed by atoms with E-state index in [4.69, 9.17) is 9.84 Å². The average molecular weight is 341 g/mol. The summed E-state index contributed by atoms with van der Waals surface area (Å²) in [5.41, 5.74) is 1.98. The van der Waals surface area contributed by atoms with Crippen molar-refractivity contribution in [1.82, 2.24) is 9.97 Å². The Morgan fingerprint density at radius 3 is 2.79 bits per heavy atom. The van der Waals surface area contributed by atoms with Gasteiger partial charge in [0.05, 0.1) is 16.8 Å². The zero-order chi connectivity index (χ0) is 16.9. The first-order valence-corrected chi connectivity index (χ1v) is 8.43. The third kappa shape index (κ3) is 3.90. The van der Waals surface area contributed by atoms with Gasteiger partial charge in [0.1, 0.15) is 23.2 Å². The number of hydrogen-bond donors (Lipinski definition) is 1. The van der Waals surface area contributed by atoms with E-state index in [0.717, 1.165) is 32.4 Å². The van der Waals surface area contributed by atoms with Gasteiger partial charge < -0.3 is 14.7 Å². The van der Waals surface area contributed by atoms with Gasteiger partial charge in [-0.1, -0.05) is 6.08 Å². The van der Waals surface area contributed by atoms with E-state index in [1.54, 1.807) is 11.3 Å². The Morgan fingerprint density at radius 1 is 1.21 bits per heavy atom. The Morgan fingerprint density at radius 2 is 2.08 bits per heavy atom. The number of hydrogen-bond acceptors (Lipinski definition) is 6. The maximum absolute atomic E-state index is 8.82. The molecule has 0 aliphatic carbocycles. The number of aromatic nitrogens is 2. The van der Waals surface area contributed by atoms with Gasteiger partial charge in [-0.3, -0.25) is 0 Å². The molecule has 0 fully saturated rings. The highest BCUT2D eigenvalue weighted by Crippen LogP contribution is 2.27. The van der Waals surface area contributed by atoms with Crippen LogP contribution in [0.25, 0.3) is 22.4 Å². The van der Waals surface area contributed by atoms with Crippen LogP contribution in [0, 0.1) is 0 Å². The van der Waals surface area contributed by atoms with Gasteiger partial charge in [-0.2, -0.15) is 0 Å². The molecule has 6 heteroatoms. The zero-order valence-electron chi connectivity index (χ0n) is 13.6. The van der Waals surface area contributed by atoms with Crippen LogP contribution in [-0.2, 0) is 0 Å². The minimum atomic E-state index is 0.00929. The lowest BCUT2D eigenvalue weighted by Gasteiger charge is -2.10. The van der Waals surface area contributed by atoms with Gasteiger partial charge in [-0.25, -0.2) is 9.97 Å². The monoisotopic (exact) mass is 341 g/mol. The lowest BCUT2D eigenvalue weighted by atomic mass is 10.2. The van der Waals surface area contributed by atoms with Gasteiger partial charge in [0.15, 0.2) is 0 Å². The minimum absolute atomic E-state index is 0.00929. The summed E-state index contributed by atoms with van der Waals surface area (Å²) in [7, 11) is 3.94. The molecule has 24 heavy (non-hydrogen) atoms. The fourth-order valence-corrected chi connectivity index (χ4v) is 3.07. The topological polar surface area (TPSA) is 58.5 Å². The maximum atomic E-state index is 8.82. The van der Waals surface area contributed by atoms with Crippen molar-refractivity contribution < 1.29 is 9.84 Å². The van der Waals surface area contributed by atoms with Crippen LogP contribution in [-0.4, -0.2) is 42.4 Å². The number of nitrogens with zero attached hydrogens (tertiary/aromatic N) is 3. The molecular weight excluding hydrogens is 322 g/mol. The van der Waals surface area contributed by atoms with Crippen LogP contribution in [0.15, 0.2) is 36.5 Å². The van der Waals surface area contributed by atoms with E-state index in [2.05, 4.69) is 9.97 Å². The highest BCUT2D eigenvalue weighted by molar-refractivity contribution is 7.19. The summed E-state index contributed by atoms with van der Waals surface area (Å²) in [5, 5.41) is 9.75. The van der Waals surface area contributed by atoms with Crippen molar-refractivity contribution >= 4 is 39.5 Å². The number of thiazole rings is 1. The lowest BCUT2D eigenvalue weighted by Crippen LogP contribution is -2.09. The molecule has 0 unspecified atom stereocenters. The first-order chi connectivity index (χ1) is 11.7. The van der Waals surface area contributed by atoms with E-state index in [1.165, 1.54) is 0 Å². The van der Waals surface area contributed by atoms with Crippen LogP contribution in [0.1, 0.15) is 10.6 Å². The van der Waals surface area contributed by atoms with Gasteiger partial charge in [0.25, 0.3) is 0 Å². The molecule has 0 spiro atoms. The highest BCUT2D eigenvalue weighted by atomic mass is 32.1. The molecule has 0 saturated heterocycles. The average Bonchev–Trinajstić information content (AvgIpc) is 3.00. The summed E-state index contributed by atoms with van der Waals surface area (Å²) in [5.74, 6) is 1.68. The second-order valence-electron chi connectivity index (χ2n) is 5.43. The van der Waals surface area contributed by atoms with Crippen molar-refractivity contribution in [2.45, 2.75) is 0 Å². The molecule has 2 heterocycles. The van der Waals surface area contributed by atoms with Crippen molar-refractivity contribution in [3.05, 3.63) is 47.1 Å². The molecule has 124 valence electrons. The molecule has 1 N–H and O–H groups in total. The molecule has 5 nitrogen and oxygen atoms in total. The van der Waals surface area contributed by atoms with Gasteiger partial charge >= 0.3 is 0 Å². The number of benzene rings is 1. The standard InChI is InChI=1S/C18H19N3O2S/c1-21(2)17-7-3-13(12-19-17)4-8-18-20-15-6-5-14(23-10-9-22)11-16(15)24-18/h3-8,11-12,22H,9-10H2,1-2H3/b8-4+. The van der Waals surface area contributed by atoms with E-state index in [-0.39, 0.29) is 6.61 Å².